The third-order valence-electron chi connectivity index (χ3n) is 2.53. The van der Waals surface area contributed by atoms with Crippen molar-refractivity contribution in [1.82, 2.24) is 5.32 Å². The Kier molecular flexibility index (Phi) is 6.44. The first-order valence-corrected chi connectivity index (χ1v) is 7.21. The summed E-state index contributed by atoms with van der Waals surface area (Å²) in [5, 5.41) is 2.41. The van der Waals surface area contributed by atoms with Crippen LogP contribution >= 0.6 is 11.8 Å². The van der Waals surface area contributed by atoms with Gasteiger partial charge in [-0.2, -0.15) is 11.8 Å². The summed E-state index contributed by atoms with van der Waals surface area (Å²) in [6, 6.07) is 1.64. The van der Waals surface area contributed by atoms with Crippen molar-refractivity contribution in [2.45, 2.75) is 12.5 Å². The molecule has 0 aliphatic rings. The van der Waals surface area contributed by atoms with Gasteiger partial charge in [0.2, 0.25) is 0 Å². The van der Waals surface area contributed by atoms with Crippen LogP contribution in [-0.4, -0.2) is 37.0 Å². The Morgan fingerprint density at radius 2 is 1.90 bits per heavy atom. The van der Waals surface area contributed by atoms with Gasteiger partial charge in [-0.1, -0.05) is 0 Å². The molecule has 0 aromatic heterocycles. The molecule has 0 aliphatic heterocycles. The van der Waals surface area contributed by atoms with E-state index in [2.05, 4.69) is 10.1 Å². The summed E-state index contributed by atoms with van der Waals surface area (Å²) in [5.74, 6) is -2.38. The lowest BCUT2D eigenvalue weighted by atomic mass is 10.1. The zero-order valence-electron chi connectivity index (χ0n) is 11.1. The molecule has 7 heteroatoms. The summed E-state index contributed by atoms with van der Waals surface area (Å²) in [7, 11) is 1.21. The van der Waals surface area contributed by atoms with Crippen molar-refractivity contribution < 1.29 is 23.1 Å². The summed E-state index contributed by atoms with van der Waals surface area (Å²) in [6.45, 7) is 0. The number of hydrogen-bond donors (Lipinski definition) is 1. The fraction of sp³-hybridized carbons (Fsp3) is 0.385. The van der Waals surface area contributed by atoms with Crippen LogP contribution in [0.4, 0.5) is 8.78 Å². The van der Waals surface area contributed by atoms with Gasteiger partial charge in [-0.25, -0.2) is 13.6 Å². The first-order chi connectivity index (χ1) is 9.47. The second-order valence-corrected chi connectivity index (χ2v) is 4.97. The SMILES string of the molecule is COC(=O)[C@@H](CCSC)NC(=O)c1cc(F)cc(F)c1. The average molecular weight is 303 g/mol. The Bertz CT molecular complexity index is 476. The number of carbonyl (C=O) groups excluding carboxylic acids is 2. The van der Waals surface area contributed by atoms with Gasteiger partial charge in [0.15, 0.2) is 0 Å². The van der Waals surface area contributed by atoms with Gasteiger partial charge in [0.25, 0.3) is 5.91 Å². The Labute approximate surface area is 119 Å². The fourth-order valence-electron chi connectivity index (χ4n) is 1.55. The van der Waals surface area contributed by atoms with E-state index in [1.807, 2.05) is 6.26 Å². The lowest BCUT2D eigenvalue weighted by molar-refractivity contribution is -0.142. The third kappa shape index (κ3) is 4.80. The van der Waals surface area contributed by atoms with E-state index in [1.165, 1.54) is 18.9 Å². The smallest absolute Gasteiger partial charge is 0.328 e. The average Bonchev–Trinajstić information content (AvgIpc) is 2.41. The van der Waals surface area contributed by atoms with Gasteiger partial charge in [0.05, 0.1) is 7.11 Å². The van der Waals surface area contributed by atoms with E-state index in [9.17, 15) is 18.4 Å². The van der Waals surface area contributed by atoms with E-state index in [1.54, 1.807) is 0 Å². The molecule has 1 aromatic rings. The van der Waals surface area contributed by atoms with Gasteiger partial charge in [-0.3, -0.25) is 4.79 Å². The highest BCUT2D eigenvalue weighted by molar-refractivity contribution is 7.98. The molecular weight excluding hydrogens is 288 g/mol. The van der Waals surface area contributed by atoms with Crippen LogP contribution in [0.2, 0.25) is 0 Å². The molecule has 1 rings (SSSR count). The molecule has 0 saturated heterocycles. The number of benzene rings is 1. The van der Waals surface area contributed by atoms with Crippen LogP contribution in [0.5, 0.6) is 0 Å². The second-order valence-electron chi connectivity index (χ2n) is 3.99. The number of methoxy groups -OCH3 is 1. The number of esters is 1. The van der Waals surface area contributed by atoms with Crippen LogP contribution in [0.1, 0.15) is 16.8 Å². The molecule has 4 nitrogen and oxygen atoms in total. The first kappa shape index (κ1) is 16.4. The summed E-state index contributed by atoms with van der Waals surface area (Å²) >= 11 is 1.51. The number of hydrogen-bond acceptors (Lipinski definition) is 4. The molecule has 1 atom stereocenters. The maximum absolute atomic E-state index is 13.0. The van der Waals surface area contributed by atoms with E-state index in [4.69, 9.17) is 0 Å². The van der Waals surface area contributed by atoms with E-state index in [0.29, 0.717) is 18.2 Å². The molecule has 0 bridgehead atoms. The summed E-state index contributed by atoms with van der Waals surface area (Å²) in [4.78, 5) is 23.4. The predicted molar refractivity (Wildman–Crippen MR) is 72.6 cm³/mol. The molecule has 0 spiro atoms. The highest BCUT2D eigenvalue weighted by atomic mass is 32.2. The number of ether oxygens (including phenoxy) is 1. The lowest BCUT2D eigenvalue weighted by Crippen LogP contribution is -2.42. The number of carbonyl (C=O) groups is 2. The molecule has 0 unspecified atom stereocenters. The Morgan fingerprint density at radius 3 is 2.40 bits per heavy atom. The standard InChI is InChI=1S/C13H15F2NO3S/c1-19-13(18)11(3-4-20-2)16-12(17)8-5-9(14)7-10(15)6-8/h5-7,11H,3-4H2,1-2H3,(H,16,17)/t11-/m1/s1. The van der Waals surface area contributed by atoms with Crippen LogP contribution in [0, 0.1) is 11.6 Å². The van der Waals surface area contributed by atoms with Crippen LogP contribution in [0.3, 0.4) is 0 Å². The van der Waals surface area contributed by atoms with E-state index < -0.39 is 29.6 Å². The van der Waals surface area contributed by atoms with Gasteiger partial charge in [0.1, 0.15) is 17.7 Å². The fourth-order valence-corrected chi connectivity index (χ4v) is 2.02. The molecule has 0 fully saturated rings. The zero-order chi connectivity index (χ0) is 15.1. The van der Waals surface area contributed by atoms with Crippen LogP contribution in [0.15, 0.2) is 18.2 Å². The maximum Gasteiger partial charge on any atom is 0.328 e. The largest absolute Gasteiger partial charge is 0.467 e. The minimum absolute atomic E-state index is 0.180. The van der Waals surface area contributed by atoms with Gasteiger partial charge >= 0.3 is 5.97 Å². The van der Waals surface area contributed by atoms with Crippen molar-refractivity contribution >= 4 is 23.6 Å². The zero-order valence-corrected chi connectivity index (χ0v) is 11.9. The van der Waals surface area contributed by atoms with Crippen molar-refractivity contribution in [1.29, 1.82) is 0 Å². The Balaban J connectivity index is 2.81. The number of thioether (sulfide) groups is 1. The van der Waals surface area contributed by atoms with Crippen molar-refractivity contribution in [3.8, 4) is 0 Å². The topological polar surface area (TPSA) is 55.4 Å². The van der Waals surface area contributed by atoms with Crippen molar-refractivity contribution in [3.05, 3.63) is 35.4 Å². The predicted octanol–water partition coefficient (Wildman–Crippen LogP) is 1.99. The summed E-state index contributed by atoms with van der Waals surface area (Å²) in [5.41, 5.74) is -0.180. The Morgan fingerprint density at radius 1 is 1.30 bits per heavy atom. The number of nitrogens with one attached hydrogen (secondary N) is 1. The summed E-state index contributed by atoms with van der Waals surface area (Å²) in [6.07, 6.45) is 2.23. The van der Waals surface area contributed by atoms with Gasteiger partial charge in [-0.05, 0) is 30.6 Å². The molecule has 0 saturated carbocycles. The van der Waals surface area contributed by atoms with Gasteiger partial charge < -0.3 is 10.1 Å². The summed E-state index contributed by atoms with van der Waals surface area (Å²) < 4.78 is 30.7. The monoisotopic (exact) mass is 303 g/mol. The molecule has 0 heterocycles. The first-order valence-electron chi connectivity index (χ1n) is 5.81. The molecular formula is C13H15F2NO3S. The highest BCUT2D eigenvalue weighted by Gasteiger charge is 2.22. The molecule has 0 aliphatic carbocycles. The number of rotatable bonds is 6. The molecule has 1 aromatic carbocycles. The quantitative estimate of drug-likeness (QED) is 0.817. The van der Waals surface area contributed by atoms with E-state index in [-0.39, 0.29) is 5.56 Å². The van der Waals surface area contributed by atoms with Crippen LogP contribution in [0.25, 0.3) is 0 Å². The van der Waals surface area contributed by atoms with Crippen molar-refractivity contribution in [2.24, 2.45) is 0 Å². The number of amides is 1. The second kappa shape index (κ2) is 7.84. The van der Waals surface area contributed by atoms with E-state index >= 15 is 0 Å². The molecule has 1 amide bonds. The van der Waals surface area contributed by atoms with Crippen LogP contribution in [-0.2, 0) is 9.53 Å². The van der Waals surface area contributed by atoms with Gasteiger partial charge in [-0.15, -0.1) is 0 Å². The molecule has 1 N–H and O–H groups in total. The molecule has 20 heavy (non-hydrogen) atoms. The van der Waals surface area contributed by atoms with Crippen molar-refractivity contribution in [2.75, 3.05) is 19.1 Å². The molecule has 110 valence electrons. The normalized spacial score (nSPS) is 11.8. The maximum atomic E-state index is 13.0. The van der Waals surface area contributed by atoms with Gasteiger partial charge in [0, 0.05) is 11.6 Å². The lowest BCUT2D eigenvalue weighted by Gasteiger charge is -2.16. The minimum atomic E-state index is -0.853. The molecule has 0 radical (unpaired) electrons. The highest BCUT2D eigenvalue weighted by Crippen LogP contribution is 2.09. The third-order valence-corrected chi connectivity index (χ3v) is 3.17. The number of halogens is 2. The van der Waals surface area contributed by atoms with Crippen LogP contribution < -0.4 is 5.32 Å². The van der Waals surface area contributed by atoms with Crippen molar-refractivity contribution in [3.63, 3.8) is 0 Å². The van der Waals surface area contributed by atoms with E-state index in [0.717, 1.165) is 12.1 Å². The Hall–Kier alpha value is -1.63. The minimum Gasteiger partial charge on any atom is -0.467 e.